The number of methoxy groups -OCH3 is 1. The largest absolute Gasteiger partial charge is 0.497 e. The molecular weight excluding hydrogens is 448 g/mol. The minimum absolute atomic E-state index is 0.0598. The third-order valence-corrected chi connectivity index (χ3v) is 5.64. The van der Waals surface area contributed by atoms with Gasteiger partial charge in [-0.1, -0.05) is 6.08 Å². The van der Waals surface area contributed by atoms with Gasteiger partial charge >= 0.3 is 0 Å². The molecule has 0 radical (unpaired) electrons. The Morgan fingerprint density at radius 3 is 2.51 bits per heavy atom. The number of anilines is 3. The molecule has 0 spiro atoms. The summed E-state index contributed by atoms with van der Waals surface area (Å²) in [5, 5.41) is 3.01. The molecule has 2 aromatic carbocycles. The monoisotopic (exact) mass is 476 g/mol. The predicted octanol–water partition coefficient (Wildman–Crippen LogP) is 3.77. The Balaban J connectivity index is 1.32. The number of carbonyl (C=O) groups is 2. The van der Waals surface area contributed by atoms with E-state index in [-0.39, 0.29) is 23.5 Å². The van der Waals surface area contributed by atoms with Crippen LogP contribution in [0.15, 0.2) is 71.3 Å². The molecule has 1 aliphatic heterocycles. The first-order valence-electron chi connectivity index (χ1n) is 11.3. The number of nitrogens with zero attached hydrogens (tertiary/aromatic N) is 3. The predicted molar refractivity (Wildman–Crippen MR) is 133 cm³/mol. The Labute approximate surface area is 203 Å². The molecule has 3 aromatic rings. The molecule has 0 bridgehead atoms. The molecule has 1 amide bonds. The number of ketones is 1. The second kappa shape index (κ2) is 11.5. The van der Waals surface area contributed by atoms with Crippen LogP contribution in [0.2, 0.25) is 0 Å². The van der Waals surface area contributed by atoms with Gasteiger partial charge in [-0.15, -0.1) is 0 Å². The number of ether oxygens (including phenoxy) is 2. The van der Waals surface area contributed by atoms with E-state index < -0.39 is 0 Å². The standard InChI is InChI=1S/C26H28N4O5/c1-29(21-9-11-22(33-2)12-10-21)25(32)24-18-27-26(35-24)28-20-7-5-19(6-8-20)23(31)4-3-13-30-14-16-34-17-15-30/h3-12,18H,13-17H2,1-2H3,(H,27,28)/b4-3+. The van der Waals surface area contributed by atoms with E-state index in [1.54, 1.807) is 68.8 Å². The van der Waals surface area contributed by atoms with Crippen molar-refractivity contribution in [1.29, 1.82) is 0 Å². The number of aromatic nitrogens is 1. The van der Waals surface area contributed by atoms with Gasteiger partial charge in [0.15, 0.2) is 5.78 Å². The molecule has 1 N–H and O–H groups in total. The topological polar surface area (TPSA) is 97.1 Å². The molecule has 0 saturated carbocycles. The third-order valence-electron chi connectivity index (χ3n) is 5.64. The molecule has 2 heterocycles. The van der Waals surface area contributed by atoms with E-state index in [1.165, 1.54) is 11.1 Å². The number of amides is 1. The lowest BCUT2D eigenvalue weighted by molar-refractivity contribution is 0.0434. The summed E-state index contributed by atoms with van der Waals surface area (Å²) in [6, 6.07) is 14.3. The molecule has 1 aromatic heterocycles. The van der Waals surface area contributed by atoms with Gasteiger partial charge in [0, 0.05) is 43.6 Å². The van der Waals surface area contributed by atoms with Crippen molar-refractivity contribution in [3.05, 3.63) is 78.2 Å². The lowest BCUT2D eigenvalue weighted by atomic mass is 10.1. The Morgan fingerprint density at radius 1 is 1.11 bits per heavy atom. The number of rotatable bonds is 9. The smallest absolute Gasteiger partial charge is 0.299 e. The van der Waals surface area contributed by atoms with Crippen LogP contribution in [-0.4, -0.2) is 68.6 Å². The highest BCUT2D eigenvalue weighted by atomic mass is 16.5. The summed E-state index contributed by atoms with van der Waals surface area (Å²) >= 11 is 0. The van der Waals surface area contributed by atoms with Crippen molar-refractivity contribution in [2.24, 2.45) is 0 Å². The van der Waals surface area contributed by atoms with Crippen LogP contribution in [0.25, 0.3) is 0 Å². The summed E-state index contributed by atoms with van der Waals surface area (Å²) in [7, 11) is 3.24. The second-order valence-corrected chi connectivity index (χ2v) is 7.97. The molecule has 0 aliphatic carbocycles. The van der Waals surface area contributed by atoms with Gasteiger partial charge in [-0.25, -0.2) is 4.98 Å². The molecule has 0 atom stereocenters. The van der Waals surface area contributed by atoms with Gasteiger partial charge in [-0.05, 0) is 54.6 Å². The minimum atomic E-state index is -0.333. The number of benzene rings is 2. The molecule has 1 aliphatic rings. The zero-order chi connectivity index (χ0) is 24.6. The van der Waals surface area contributed by atoms with Crippen LogP contribution in [0.3, 0.4) is 0 Å². The molecule has 9 heteroatoms. The number of nitrogens with one attached hydrogen (secondary N) is 1. The molecule has 0 unspecified atom stereocenters. The molecule has 1 saturated heterocycles. The molecule has 9 nitrogen and oxygen atoms in total. The fourth-order valence-electron chi connectivity index (χ4n) is 3.55. The zero-order valence-corrected chi connectivity index (χ0v) is 19.8. The number of morpholine rings is 1. The average Bonchev–Trinajstić information content (AvgIpc) is 3.37. The number of allylic oxidation sites excluding steroid dienone is 1. The summed E-state index contributed by atoms with van der Waals surface area (Å²) in [6.07, 6.45) is 4.86. The van der Waals surface area contributed by atoms with Crippen molar-refractivity contribution < 1.29 is 23.5 Å². The van der Waals surface area contributed by atoms with E-state index in [9.17, 15) is 9.59 Å². The maximum Gasteiger partial charge on any atom is 0.299 e. The van der Waals surface area contributed by atoms with Gasteiger partial charge in [0.1, 0.15) is 5.75 Å². The van der Waals surface area contributed by atoms with E-state index in [2.05, 4.69) is 15.2 Å². The molecule has 1 fully saturated rings. The van der Waals surface area contributed by atoms with E-state index in [0.717, 1.165) is 32.8 Å². The van der Waals surface area contributed by atoms with Gasteiger partial charge < -0.3 is 24.1 Å². The number of hydrogen-bond donors (Lipinski definition) is 1. The SMILES string of the molecule is COc1ccc(N(C)C(=O)c2cnc(Nc3ccc(C(=O)/C=C/CN4CCOCC4)cc3)o2)cc1. The Hall–Kier alpha value is -3.95. The Morgan fingerprint density at radius 2 is 1.83 bits per heavy atom. The first kappa shape index (κ1) is 24.2. The first-order chi connectivity index (χ1) is 17.0. The van der Waals surface area contributed by atoms with Gasteiger partial charge in [-0.2, -0.15) is 0 Å². The maximum atomic E-state index is 12.8. The van der Waals surface area contributed by atoms with E-state index in [4.69, 9.17) is 13.9 Å². The van der Waals surface area contributed by atoms with E-state index in [1.807, 2.05) is 6.08 Å². The summed E-state index contributed by atoms with van der Waals surface area (Å²) in [6.45, 7) is 3.95. The van der Waals surface area contributed by atoms with Crippen molar-refractivity contribution in [2.45, 2.75) is 0 Å². The first-order valence-corrected chi connectivity index (χ1v) is 11.3. The van der Waals surface area contributed by atoms with Crippen LogP contribution < -0.4 is 15.0 Å². The molecule has 4 rings (SSSR count). The van der Waals surface area contributed by atoms with Gasteiger partial charge in [0.25, 0.3) is 11.9 Å². The minimum Gasteiger partial charge on any atom is -0.497 e. The fraction of sp³-hybridized carbons (Fsp3) is 0.269. The van der Waals surface area contributed by atoms with Crippen molar-refractivity contribution in [3.8, 4) is 5.75 Å². The summed E-state index contributed by atoms with van der Waals surface area (Å²) in [5.74, 6) is 0.413. The number of hydrogen-bond acceptors (Lipinski definition) is 8. The number of oxazole rings is 1. The van der Waals surface area contributed by atoms with Crippen molar-refractivity contribution >= 4 is 29.1 Å². The molecule has 35 heavy (non-hydrogen) atoms. The average molecular weight is 477 g/mol. The van der Waals surface area contributed by atoms with Crippen LogP contribution in [0.1, 0.15) is 20.9 Å². The van der Waals surface area contributed by atoms with Crippen LogP contribution in [0, 0.1) is 0 Å². The lowest BCUT2D eigenvalue weighted by Gasteiger charge is -2.25. The Bertz CT molecular complexity index is 1170. The van der Waals surface area contributed by atoms with Crippen LogP contribution in [0.5, 0.6) is 5.75 Å². The van der Waals surface area contributed by atoms with Crippen LogP contribution in [-0.2, 0) is 4.74 Å². The zero-order valence-electron chi connectivity index (χ0n) is 19.8. The fourth-order valence-corrected chi connectivity index (χ4v) is 3.55. The van der Waals surface area contributed by atoms with Crippen LogP contribution >= 0.6 is 0 Å². The van der Waals surface area contributed by atoms with Crippen molar-refractivity contribution in [3.63, 3.8) is 0 Å². The van der Waals surface area contributed by atoms with Gasteiger partial charge in [0.05, 0.1) is 26.5 Å². The van der Waals surface area contributed by atoms with Crippen LogP contribution in [0.4, 0.5) is 17.4 Å². The summed E-state index contributed by atoms with van der Waals surface area (Å²) in [5.41, 5.74) is 1.96. The van der Waals surface area contributed by atoms with Gasteiger partial charge in [-0.3, -0.25) is 14.5 Å². The van der Waals surface area contributed by atoms with Crippen molar-refractivity contribution in [1.82, 2.24) is 9.88 Å². The number of carbonyl (C=O) groups excluding carboxylic acids is 2. The van der Waals surface area contributed by atoms with E-state index >= 15 is 0 Å². The molecular formula is C26H28N4O5. The summed E-state index contributed by atoms with van der Waals surface area (Å²) in [4.78, 5) is 33.0. The van der Waals surface area contributed by atoms with Crippen molar-refractivity contribution in [2.75, 3.05) is 57.2 Å². The summed E-state index contributed by atoms with van der Waals surface area (Å²) < 4.78 is 16.1. The third kappa shape index (κ3) is 6.34. The van der Waals surface area contributed by atoms with E-state index in [0.29, 0.717) is 22.7 Å². The normalized spacial score (nSPS) is 14.1. The highest BCUT2D eigenvalue weighted by molar-refractivity contribution is 6.05. The highest BCUT2D eigenvalue weighted by Crippen LogP contribution is 2.22. The lowest BCUT2D eigenvalue weighted by Crippen LogP contribution is -2.36. The Kier molecular flexibility index (Phi) is 7.92. The second-order valence-electron chi connectivity index (χ2n) is 7.97. The maximum absolute atomic E-state index is 12.8. The molecule has 182 valence electrons. The van der Waals surface area contributed by atoms with Gasteiger partial charge in [0.2, 0.25) is 5.76 Å². The quantitative estimate of drug-likeness (QED) is 0.368. The highest BCUT2D eigenvalue weighted by Gasteiger charge is 2.19.